The number of benzene rings is 2. The maximum atomic E-state index is 14.0. The molecule has 0 aliphatic heterocycles. The standard InChI is InChI=1S/C22H18ClF2N7O2/c1-9(28-19-16(10(2)33)18(26)30-22(27)31-19)20-29-15-5-3-4-14(23)17(15)21(34)32(20)13-7-11(24)6-12(25)8-13/h3-9H,1-2H3,(H5,26,27,28,30,31)/t9-/m0/s1. The molecular weight excluding hydrogens is 468 g/mol. The van der Waals surface area contributed by atoms with Crippen LogP contribution in [0.1, 0.15) is 36.1 Å². The lowest BCUT2D eigenvalue weighted by Crippen LogP contribution is -2.28. The molecule has 4 aromatic rings. The lowest BCUT2D eigenvalue weighted by atomic mass is 10.1. The molecule has 34 heavy (non-hydrogen) atoms. The molecule has 4 rings (SSSR count). The van der Waals surface area contributed by atoms with Gasteiger partial charge in [-0.15, -0.1) is 0 Å². The molecule has 0 fully saturated rings. The van der Waals surface area contributed by atoms with Gasteiger partial charge >= 0.3 is 0 Å². The Labute approximate surface area is 196 Å². The molecule has 0 aliphatic rings. The summed E-state index contributed by atoms with van der Waals surface area (Å²) in [5.41, 5.74) is 11.1. The van der Waals surface area contributed by atoms with Gasteiger partial charge in [0.15, 0.2) is 5.78 Å². The number of nitrogens with one attached hydrogen (secondary N) is 1. The third kappa shape index (κ3) is 4.13. The number of hydrogen-bond acceptors (Lipinski definition) is 8. The highest BCUT2D eigenvalue weighted by molar-refractivity contribution is 6.35. The van der Waals surface area contributed by atoms with E-state index in [-0.39, 0.29) is 50.6 Å². The van der Waals surface area contributed by atoms with E-state index in [2.05, 4.69) is 20.3 Å². The normalized spacial score (nSPS) is 12.0. The van der Waals surface area contributed by atoms with Gasteiger partial charge in [-0.2, -0.15) is 9.97 Å². The van der Waals surface area contributed by atoms with Crippen molar-refractivity contribution in [1.82, 2.24) is 19.5 Å². The topological polar surface area (TPSA) is 142 Å². The molecule has 0 amide bonds. The summed E-state index contributed by atoms with van der Waals surface area (Å²) in [7, 11) is 0. The number of ketones is 1. The van der Waals surface area contributed by atoms with E-state index >= 15 is 0 Å². The van der Waals surface area contributed by atoms with Gasteiger partial charge < -0.3 is 16.8 Å². The molecule has 2 aromatic heterocycles. The number of aromatic nitrogens is 4. The minimum Gasteiger partial charge on any atom is -0.383 e. The van der Waals surface area contributed by atoms with Crippen LogP contribution in [0.4, 0.5) is 26.4 Å². The first-order valence-corrected chi connectivity index (χ1v) is 10.3. The Hall–Kier alpha value is -4.12. The molecule has 12 heteroatoms. The molecule has 5 N–H and O–H groups in total. The first-order valence-electron chi connectivity index (χ1n) is 9.95. The number of halogens is 3. The molecule has 2 aromatic carbocycles. The van der Waals surface area contributed by atoms with Crippen LogP contribution in [0.5, 0.6) is 0 Å². The van der Waals surface area contributed by atoms with Crippen LogP contribution in [0.3, 0.4) is 0 Å². The minimum atomic E-state index is -0.886. The number of carbonyl (C=O) groups is 1. The third-order valence-electron chi connectivity index (χ3n) is 5.03. The molecule has 2 heterocycles. The Kier molecular flexibility index (Phi) is 5.88. The zero-order chi connectivity index (χ0) is 24.7. The number of nitrogens with two attached hydrogens (primary N) is 2. The van der Waals surface area contributed by atoms with E-state index in [1.54, 1.807) is 19.1 Å². The average molecular weight is 486 g/mol. The van der Waals surface area contributed by atoms with Crippen molar-refractivity contribution in [1.29, 1.82) is 0 Å². The predicted octanol–water partition coefficient (Wildman–Crippen LogP) is 3.65. The molecule has 1 atom stereocenters. The van der Waals surface area contributed by atoms with Crippen molar-refractivity contribution in [3.8, 4) is 5.69 Å². The number of nitrogen functional groups attached to an aromatic ring is 2. The summed E-state index contributed by atoms with van der Waals surface area (Å²) >= 11 is 6.24. The van der Waals surface area contributed by atoms with Crippen molar-refractivity contribution in [3.63, 3.8) is 0 Å². The Balaban J connectivity index is 1.97. The second kappa shape index (κ2) is 8.67. The Bertz CT molecular complexity index is 1500. The maximum absolute atomic E-state index is 14.0. The van der Waals surface area contributed by atoms with Gasteiger partial charge in [-0.3, -0.25) is 14.2 Å². The molecule has 0 bridgehead atoms. The summed E-state index contributed by atoms with van der Waals surface area (Å²) in [5, 5.41) is 3.16. The zero-order valence-corrected chi connectivity index (χ0v) is 18.7. The quantitative estimate of drug-likeness (QED) is 0.364. The SMILES string of the molecule is CC(=O)c1c(N)nc(N)nc1N[C@@H](C)c1nc2cccc(Cl)c2c(=O)n1-c1cc(F)cc(F)c1. The zero-order valence-electron chi connectivity index (χ0n) is 17.9. The first kappa shape index (κ1) is 23.1. The lowest BCUT2D eigenvalue weighted by Gasteiger charge is -2.21. The maximum Gasteiger partial charge on any atom is 0.267 e. The lowest BCUT2D eigenvalue weighted by molar-refractivity contribution is 0.101. The highest BCUT2D eigenvalue weighted by Crippen LogP contribution is 2.27. The predicted molar refractivity (Wildman–Crippen MR) is 125 cm³/mol. The van der Waals surface area contributed by atoms with Crippen molar-refractivity contribution >= 4 is 45.9 Å². The van der Waals surface area contributed by atoms with Crippen LogP contribution in [0.25, 0.3) is 16.6 Å². The van der Waals surface area contributed by atoms with Gasteiger partial charge in [0.25, 0.3) is 5.56 Å². The Morgan fingerprint density at radius 3 is 2.44 bits per heavy atom. The smallest absolute Gasteiger partial charge is 0.267 e. The van der Waals surface area contributed by atoms with Gasteiger partial charge in [0.1, 0.15) is 34.7 Å². The summed E-state index contributed by atoms with van der Waals surface area (Å²) in [6.45, 7) is 2.89. The second-order valence-corrected chi connectivity index (χ2v) is 7.89. The summed E-state index contributed by atoms with van der Waals surface area (Å²) in [5.74, 6) is -2.42. The van der Waals surface area contributed by atoms with E-state index in [9.17, 15) is 18.4 Å². The van der Waals surface area contributed by atoms with Gasteiger partial charge in [-0.1, -0.05) is 17.7 Å². The van der Waals surface area contributed by atoms with Crippen molar-refractivity contribution < 1.29 is 13.6 Å². The number of fused-ring (bicyclic) bond motifs is 1. The van der Waals surface area contributed by atoms with E-state index in [4.69, 9.17) is 23.1 Å². The number of anilines is 3. The Morgan fingerprint density at radius 1 is 1.12 bits per heavy atom. The molecule has 174 valence electrons. The van der Waals surface area contributed by atoms with E-state index in [0.717, 1.165) is 16.7 Å². The van der Waals surface area contributed by atoms with Crippen LogP contribution in [0, 0.1) is 11.6 Å². The van der Waals surface area contributed by atoms with Crippen LogP contribution in [-0.4, -0.2) is 25.3 Å². The van der Waals surface area contributed by atoms with Crippen molar-refractivity contribution in [2.75, 3.05) is 16.8 Å². The average Bonchev–Trinajstić information content (AvgIpc) is 2.71. The Morgan fingerprint density at radius 2 is 1.79 bits per heavy atom. The van der Waals surface area contributed by atoms with E-state index < -0.39 is 29.0 Å². The summed E-state index contributed by atoms with van der Waals surface area (Å²) in [4.78, 5) is 38.0. The van der Waals surface area contributed by atoms with Crippen LogP contribution < -0.4 is 22.3 Å². The van der Waals surface area contributed by atoms with Gasteiger partial charge in [0.2, 0.25) is 5.95 Å². The fourth-order valence-corrected chi connectivity index (χ4v) is 3.88. The van der Waals surface area contributed by atoms with Crippen molar-refractivity contribution in [2.45, 2.75) is 19.9 Å². The number of rotatable bonds is 5. The number of nitrogens with zero attached hydrogens (tertiary/aromatic N) is 4. The van der Waals surface area contributed by atoms with E-state index in [1.165, 1.54) is 13.0 Å². The fraction of sp³-hybridized carbons (Fsp3) is 0.136. The first-order chi connectivity index (χ1) is 16.1. The van der Waals surface area contributed by atoms with Crippen molar-refractivity contribution in [2.24, 2.45) is 0 Å². The summed E-state index contributed by atoms with van der Waals surface area (Å²) < 4.78 is 29.1. The molecule has 0 saturated heterocycles. The molecular formula is C22H18ClF2N7O2. The molecule has 0 radical (unpaired) electrons. The van der Waals surface area contributed by atoms with Crippen LogP contribution in [-0.2, 0) is 0 Å². The molecule has 0 unspecified atom stereocenters. The second-order valence-electron chi connectivity index (χ2n) is 7.49. The van der Waals surface area contributed by atoms with Crippen LogP contribution in [0.15, 0.2) is 41.2 Å². The summed E-state index contributed by atoms with van der Waals surface area (Å²) in [6.07, 6.45) is 0. The number of hydrogen-bond donors (Lipinski definition) is 3. The third-order valence-corrected chi connectivity index (χ3v) is 5.34. The van der Waals surface area contributed by atoms with Crippen LogP contribution >= 0.6 is 11.6 Å². The number of Topliss-reactive ketones (excluding diaryl/α,β-unsaturated/α-hetero) is 1. The molecule has 0 aliphatic carbocycles. The minimum absolute atomic E-state index is 0.00409. The fourth-order valence-electron chi connectivity index (χ4n) is 3.63. The summed E-state index contributed by atoms with van der Waals surface area (Å²) in [6, 6.07) is 6.55. The highest BCUT2D eigenvalue weighted by atomic mass is 35.5. The molecule has 0 spiro atoms. The largest absolute Gasteiger partial charge is 0.383 e. The van der Waals surface area contributed by atoms with Gasteiger partial charge in [-0.25, -0.2) is 13.8 Å². The van der Waals surface area contributed by atoms with Gasteiger partial charge in [-0.05, 0) is 38.1 Å². The van der Waals surface area contributed by atoms with E-state index in [1.807, 2.05) is 0 Å². The van der Waals surface area contributed by atoms with Crippen molar-refractivity contribution in [3.05, 3.63) is 74.8 Å². The molecule has 0 saturated carbocycles. The van der Waals surface area contributed by atoms with Crippen LogP contribution in [0.2, 0.25) is 5.02 Å². The monoisotopic (exact) mass is 485 g/mol. The van der Waals surface area contributed by atoms with Gasteiger partial charge in [0, 0.05) is 6.07 Å². The molecule has 9 nitrogen and oxygen atoms in total. The van der Waals surface area contributed by atoms with E-state index in [0.29, 0.717) is 6.07 Å². The highest BCUT2D eigenvalue weighted by Gasteiger charge is 2.23. The number of carbonyl (C=O) groups excluding carboxylic acids is 1. The van der Waals surface area contributed by atoms with Gasteiger partial charge in [0.05, 0.1) is 27.7 Å².